The van der Waals surface area contributed by atoms with E-state index in [1.165, 1.54) is 0 Å². The van der Waals surface area contributed by atoms with Gasteiger partial charge < -0.3 is 14.2 Å². The van der Waals surface area contributed by atoms with E-state index in [9.17, 15) is 14.4 Å². The molecule has 1 aromatic carbocycles. The molecule has 0 N–H and O–H groups in total. The number of benzene rings is 1. The third-order valence-corrected chi connectivity index (χ3v) is 6.73. The summed E-state index contributed by atoms with van der Waals surface area (Å²) in [7, 11) is 1.55. The van der Waals surface area contributed by atoms with Crippen molar-refractivity contribution in [3.63, 3.8) is 0 Å². The number of aliphatic imine (C=N–C) groups is 1. The maximum atomic E-state index is 14.3. The Bertz CT molecular complexity index is 1220. The third kappa shape index (κ3) is 4.55. The molecule has 1 aliphatic heterocycles. The zero-order chi connectivity index (χ0) is 25.8. The van der Waals surface area contributed by atoms with Crippen molar-refractivity contribution in [1.29, 1.82) is 0 Å². The fourth-order valence-corrected chi connectivity index (χ4v) is 5.30. The number of Topliss-reactive ketones (excluding diaryl/α,β-unsaturated/α-hetero) is 1. The van der Waals surface area contributed by atoms with E-state index >= 15 is 0 Å². The van der Waals surface area contributed by atoms with Crippen LogP contribution in [0.1, 0.15) is 50.3 Å². The fraction of sp³-hybridized carbons (Fsp3) is 0.393. The van der Waals surface area contributed by atoms with E-state index in [1.54, 1.807) is 58.3 Å². The van der Waals surface area contributed by atoms with Crippen LogP contribution in [0.5, 0.6) is 5.75 Å². The number of esters is 2. The quantitative estimate of drug-likeness (QED) is 0.426. The fourth-order valence-electron chi connectivity index (χ4n) is 5.30. The van der Waals surface area contributed by atoms with Gasteiger partial charge in [0.1, 0.15) is 11.7 Å². The first-order valence-electron chi connectivity index (χ1n) is 12.1. The molecule has 0 radical (unpaired) electrons. The summed E-state index contributed by atoms with van der Waals surface area (Å²) < 4.78 is 16.3. The summed E-state index contributed by atoms with van der Waals surface area (Å²) in [5, 5.41) is 0. The summed E-state index contributed by atoms with van der Waals surface area (Å²) in [4.78, 5) is 49.8. The first kappa shape index (κ1) is 25.3. The van der Waals surface area contributed by atoms with Crippen molar-refractivity contribution in [3.8, 4) is 5.75 Å². The number of nitrogens with zero attached hydrogens (tertiary/aromatic N) is 2. The van der Waals surface area contributed by atoms with Crippen molar-refractivity contribution in [2.45, 2.75) is 39.0 Å². The average molecular weight is 491 g/mol. The van der Waals surface area contributed by atoms with Gasteiger partial charge in [0.2, 0.25) is 0 Å². The molecule has 0 spiro atoms. The molecule has 0 saturated heterocycles. The van der Waals surface area contributed by atoms with Crippen molar-refractivity contribution < 1.29 is 28.6 Å². The first-order valence-corrected chi connectivity index (χ1v) is 12.1. The van der Waals surface area contributed by atoms with E-state index < -0.39 is 35.6 Å². The number of hydrogen-bond donors (Lipinski definition) is 0. The number of hydrogen-bond acceptors (Lipinski definition) is 8. The smallest absolute Gasteiger partial charge is 0.336 e. The van der Waals surface area contributed by atoms with E-state index in [2.05, 4.69) is 4.98 Å². The summed E-state index contributed by atoms with van der Waals surface area (Å²) in [6, 6.07) is 12.7. The number of fused-ring (bicyclic) bond motifs is 1. The number of ether oxygens (including phenoxy) is 3. The molecule has 1 aliphatic carbocycles. The second-order valence-electron chi connectivity index (χ2n) is 8.72. The van der Waals surface area contributed by atoms with Gasteiger partial charge in [0.05, 0.1) is 37.7 Å². The lowest BCUT2D eigenvalue weighted by Crippen LogP contribution is -2.49. The summed E-state index contributed by atoms with van der Waals surface area (Å²) in [5.74, 6) is -4.08. The lowest BCUT2D eigenvalue weighted by Gasteiger charge is -2.41. The second-order valence-corrected chi connectivity index (χ2v) is 8.72. The minimum absolute atomic E-state index is 0.142. The van der Waals surface area contributed by atoms with Gasteiger partial charge in [-0.05, 0) is 51.0 Å². The highest BCUT2D eigenvalue weighted by Gasteiger charge is 2.53. The van der Waals surface area contributed by atoms with E-state index in [0.29, 0.717) is 29.3 Å². The minimum Gasteiger partial charge on any atom is -0.496 e. The monoisotopic (exact) mass is 490 g/mol. The number of allylic oxidation sites excluding steroid dienone is 1. The van der Waals surface area contributed by atoms with Crippen LogP contribution in [0.4, 0.5) is 0 Å². The largest absolute Gasteiger partial charge is 0.496 e. The lowest BCUT2D eigenvalue weighted by atomic mass is 9.62. The highest BCUT2D eigenvalue weighted by atomic mass is 16.5. The van der Waals surface area contributed by atoms with Gasteiger partial charge in [0.25, 0.3) is 0 Å². The predicted octanol–water partition coefficient (Wildman–Crippen LogP) is 4.02. The molecule has 8 nitrogen and oxygen atoms in total. The van der Waals surface area contributed by atoms with Gasteiger partial charge in [-0.3, -0.25) is 19.6 Å². The maximum absolute atomic E-state index is 14.3. The van der Waals surface area contributed by atoms with E-state index in [-0.39, 0.29) is 24.6 Å². The van der Waals surface area contributed by atoms with Gasteiger partial charge in [-0.1, -0.05) is 24.3 Å². The number of pyridine rings is 1. The molecule has 2 heterocycles. The third-order valence-electron chi connectivity index (χ3n) is 6.73. The summed E-state index contributed by atoms with van der Waals surface area (Å²) in [6.07, 6.45) is 1.95. The van der Waals surface area contributed by atoms with E-state index in [0.717, 1.165) is 5.56 Å². The molecule has 0 amide bonds. The molecule has 1 fully saturated rings. The lowest BCUT2D eigenvalue weighted by molar-refractivity contribution is -0.153. The van der Waals surface area contributed by atoms with E-state index in [1.807, 2.05) is 18.2 Å². The molecular formula is C28H30N2O6. The van der Waals surface area contributed by atoms with Gasteiger partial charge in [-0.2, -0.15) is 0 Å². The number of para-hydroxylation sites is 1. The van der Waals surface area contributed by atoms with Crippen LogP contribution in [0.3, 0.4) is 0 Å². The van der Waals surface area contributed by atoms with Crippen LogP contribution in [0.2, 0.25) is 0 Å². The average Bonchev–Trinajstić information content (AvgIpc) is 2.88. The molecule has 4 atom stereocenters. The van der Waals surface area contributed by atoms with E-state index in [4.69, 9.17) is 19.2 Å². The molecule has 0 bridgehead atoms. The molecule has 1 saturated carbocycles. The van der Waals surface area contributed by atoms with Crippen molar-refractivity contribution in [3.05, 3.63) is 71.2 Å². The van der Waals surface area contributed by atoms with Crippen LogP contribution >= 0.6 is 0 Å². The number of carbonyl (C=O) groups excluding carboxylic acids is 3. The number of methoxy groups -OCH3 is 1. The number of aromatic nitrogens is 1. The summed E-state index contributed by atoms with van der Waals surface area (Å²) in [6.45, 7) is 5.50. The van der Waals surface area contributed by atoms with Crippen LogP contribution in [0.15, 0.2) is 64.9 Å². The molecule has 2 aliphatic rings. The van der Waals surface area contributed by atoms with Crippen LogP contribution in [-0.4, -0.2) is 48.7 Å². The first-order chi connectivity index (χ1) is 17.4. The minimum atomic E-state index is -1.08. The Balaban J connectivity index is 1.90. The van der Waals surface area contributed by atoms with Gasteiger partial charge in [0.15, 0.2) is 5.78 Å². The molecular weight excluding hydrogens is 460 g/mol. The zero-order valence-electron chi connectivity index (χ0n) is 20.9. The zero-order valence-corrected chi connectivity index (χ0v) is 20.9. The Hall–Kier alpha value is -3.81. The Kier molecular flexibility index (Phi) is 7.62. The Morgan fingerprint density at radius 3 is 2.39 bits per heavy atom. The predicted molar refractivity (Wildman–Crippen MR) is 133 cm³/mol. The molecule has 1 unspecified atom stereocenters. The molecule has 8 heteroatoms. The molecule has 4 rings (SSSR count). The normalized spacial score (nSPS) is 23.4. The van der Waals surface area contributed by atoms with Gasteiger partial charge >= 0.3 is 11.9 Å². The van der Waals surface area contributed by atoms with Crippen molar-refractivity contribution >= 4 is 23.4 Å². The van der Waals surface area contributed by atoms with Crippen LogP contribution < -0.4 is 4.74 Å². The van der Waals surface area contributed by atoms with Crippen LogP contribution in [0, 0.1) is 11.8 Å². The molecule has 188 valence electrons. The Morgan fingerprint density at radius 1 is 1.00 bits per heavy atom. The molecule has 2 aromatic rings. The van der Waals surface area contributed by atoms with Crippen molar-refractivity contribution in [2.24, 2.45) is 16.8 Å². The number of carbonyl (C=O) groups is 3. The molecule has 1 aromatic heterocycles. The van der Waals surface area contributed by atoms with Gasteiger partial charge in [0, 0.05) is 29.2 Å². The van der Waals surface area contributed by atoms with Crippen molar-refractivity contribution in [1.82, 2.24) is 4.98 Å². The van der Waals surface area contributed by atoms with Gasteiger partial charge in [-0.25, -0.2) is 4.79 Å². The van der Waals surface area contributed by atoms with Crippen LogP contribution in [0.25, 0.3) is 0 Å². The number of rotatable bonds is 7. The van der Waals surface area contributed by atoms with Gasteiger partial charge in [-0.15, -0.1) is 0 Å². The topological polar surface area (TPSA) is 104 Å². The highest BCUT2D eigenvalue weighted by Crippen LogP contribution is 2.49. The summed E-state index contributed by atoms with van der Waals surface area (Å²) in [5.41, 5.74) is 2.66. The SMILES string of the molecule is CCOC(=O)C1=C(C)N=C2C[C@@H](c3ccccc3OC)[C@H](C(=O)OCC)C(=O)C2[C@@H]1c1ccccn1. The number of ketones is 1. The standard InChI is InChI=1S/C28H30N2O6/c1-5-35-27(32)22-16(3)30-20-15-18(17-11-7-8-13-21(17)34-4)23(28(33)36-6-2)26(31)25(20)24(22)19-12-9-10-14-29-19/h7-14,18,23-25H,5-6,15H2,1-4H3/t18-,23-,24+,25?/m0/s1. The molecule has 36 heavy (non-hydrogen) atoms. The Morgan fingerprint density at radius 2 is 1.72 bits per heavy atom. The maximum Gasteiger partial charge on any atom is 0.336 e. The summed E-state index contributed by atoms with van der Waals surface area (Å²) >= 11 is 0. The van der Waals surface area contributed by atoms with Crippen LogP contribution in [-0.2, 0) is 23.9 Å². The Labute approximate surface area is 210 Å². The van der Waals surface area contributed by atoms with Crippen molar-refractivity contribution in [2.75, 3.05) is 20.3 Å². The highest BCUT2D eigenvalue weighted by molar-refractivity contribution is 6.17. The second kappa shape index (κ2) is 10.8.